The number of nitrogens with zero attached hydrogens (tertiary/aromatic N) is 1. The Labute approximate surface area is 110 Å². The molecule has 2 aliphatic rings. The lowest BCUT2D eigenvalue weighted by Gasteiger charge is -2.36. The summed E-state index contributed by atoms with van der Waals surface area (Å²) < 4.78 is 37.5. The number of piperazine rings is 1. The second kappa shape index (κ2) is 4.49. The highest BCUT2D eigenvalue weighted by Gasteiger charge is 2.48. The Balaban J connectivity index is 1.70. The summed E-state index contributed by atoms with van der Waals surface area (Å²) in [5.74, 6) is 0. The van der Waals surface area contributed by atoms with Crippen molar-refractivity contribution in [1.29, 1.82) is 0 Å². The molecule has 1 aliphatic carbocycles. The van der Waals surface area contributed by atoms with Crippen molar-refractivity contribution in [3.8, 4) is 0 Å². The van der Waals surface area contributed by atoms with Gasteiger partial charge in [-0.2, -0.15) is 13.2 Å². The quantitative estimate of drug-likeness (QED) is 0.888. The van der Waals surface area contributed by atoms with E-state index in [0.717, 1.165) is 31.7 Å². The summed E-state index contributed by atoms with van der Waals surface area (Å²) in [7, 11) is 0. The van der Waals surface area contributed by atoms with Gasteiger partial charge in [0.2, 0.25) is 0 Å². The minimum atomic E-state index is -4.24. The molecular formula is C14H17F3N2. The maximum Gasteiger partial charge on any atom is 0.416 e. The van der Waals surface area contributed by atoms with E-state index in [1.165, 1.54) is 25.0 Å². The molecule has 0 atom stereocenters. The number of alkyl halides is 3. The highest BCUT2D eigenvalue weighted by molar-refractivity contribution is 5.25. The molecule has 1 saturated heterocycles. The van der Waals surface area contributed by atoms with Crippen molar-refractivity contribution < 1.29 is 13.2 Å². The molecule has 1 spiro atoms. The van der Waals surface area contributed by atoms with Crippen LogP contribution in [0.25, 0.3) is 0 Å². The Morgan fingerprint density at radius 1 is 1.16 bits per heavy atom. The predicted octanol–water partition coefficient (Wildman–Crippen LogP) is 2.64. The molecule has 1 heterocycles. The summed E-state index contributed by atoms with van der Waals surface area (Å²) in [6, 6.07) is 5.55. The summed E-state index contributed by atoms with van der Waals surface area (Å²) in [6.45, 7) is 3.69. The summed E-state index contributed by atoms with van der Waals surface area (Å²) in [6.07, 6.45) is -1.85. The van der Waals surface area contributed by atoms with Crippen LogP contribution in [0.1, 0.15) is 24.0 Å². The van der Waals surface area contributed by atoms with Gasteiger partial charge in [0.05, 0.1) is 5.56 Å². The highest BCUT2D eigenvalue weighted by atomic mass is 19.4. The second-order valence-electron chi connectivity index (χ2n) is 5.52. The number of nitrogens with one attached hydrogen (secondary N) is 1. The van der Waals surface area contributed by atoms with Crippen molar-refractivity contribution in [2.24, 2.45) is 0 Å². The fraction of sp³-hybridized carbons (Fsp3) is 0.571. The van der Waals surface area contributed by atoms with Gasteiger partial charge >= 0.3 is 6.18 Å². The van der Waals surface area contributed by atoms with Crippen molar-refractivity contribution in [2.75, 3.05) is 19.6 Å². The molecule has 19 heavy (non-hydrogen) atoms. The first-order chi connectivity index (χ1) is 9.00. The number of rotatable bonds is 2. The molecule has 0 bridgehead atoms. The van der Waals surface area contributed by atoms with Crippen LogP contribution in [0, 0.1) is 0 Å². The van der Waals surface area contributed by atoms with Gasteiger partial charge < -0.3 is 5.32 Å². The summed E-state index contributed by atoms with van der Waals surface area (Å²) in [4.78, 5) is 2.41. The van der Waals surface area contributed by atoms with E-state index in [2.05, 4.69) is 10.2 Å². The van der Waals surface area contributed by atoms with E-state index in [0.29, 0.717) is 0 Å². The standard InChI is InChI=1S/C14H17F3N2/c15-14(16,17)12-3-1-11(2-4-12)9-19-8-7-18-10-13(19)5-6-13/h1-4,18H,5-10H2. The van der Waals surface area contributed by atoms with Gasteiger partial charge in [-0.15, -0.1) is 0 Å². The SMILES string of the molecule is FC(F)(F)c1ccc(CN2CCNCC23CC3)cc1. The number of hydrogen-bond donors (Lipinski definition) is 1. The van der Waals surface area contributed by atoms with Gasteiger partial charge in [0.25, 0.3) is 0 Å². The van der Waals surface area contributed by atoms with Crippen molar-refractivity contribution in [3.63, 3.8) is 0 Å². The largest absolute Gasteiger partial charge is 0.416 e. The molecule has 2 fully saturated rings. The average Bonchev–Trinajstić information content (AvgIpc) is 3.13. The molecule has 2 nitrogen and oxygen atoms in total. The molecule has 1 N–H and O–H groups in total. The van der Waals surface area contributed by atoms with E-state index in [4.69, 9.17) is 0 Å². The van der Waals surface area contributed by atoms with E-state index >= 15 is 0 Å². The topological polar surface area (TPSA) is 15.3 Å². The lowest BCUT2D eigenvalue weighted by atomic mass is 10.1. The second-order valence-corrected chi connectivity index (χ2v) is 5.52. The molecule has 3 rings (SSSR count). The Morgan fingerprint density at radius 3 is 2.42 bits per heavy atom. The van der Waals surface area contributed by atoms with Crippen LogP contribution in [0.4, 0.5) is 13.2 Å². The molecule has 0 aromatic heterocycles. The van der Waals surface area contributed by atoms with Gasteiger partial charge in [0.15, 0.2) is 0 Å². The van der Waals surface area contributed by atoms with Crippen LogP contribution in [-0.2, 0) is 12.7 Å². The van der Waals surface area contributed by atoms with Gasteiger partial charge in [-0.25, -0.2) is 0 Å². The van der Waals surface area contributed by atoms with Crippen molar-refractivity contribution in [1.82, 2.24) is 10.2 Å². The minimum absolute atomic E-state index is 0.279. The van der Waals surface area contributed by atoms with Gasteiger partial charge in [-0.1, -0.05) is 12.1 Å². The van der Waals surface area contributed by atoms with Crippen LogP contribution in [0.2, 0.25) is 0 Å². The molecule has 1 aliphatic heterocycles. The van der Waals surface area contributed by atoms with Crippen LogP contribution < -0.4 is 5.32 Å². The number of hydrogen-bond acceptors (Lipinski definition) is 2. The highest BCUT2D eigenvalue weighted by Crippen LogP contribution is 2.43. The first-order valence-corrected chi connectivity index (χ1v) is 6.62. The third kappa shape index (κ3) is 2.62. The molecule has 1 aromatic carbocycles. The van der Waals surface area contributed by atoms with E-state index in [1.807, 2.05) is 0 Å². The molecule has 104 valence electrons. The van der Waals surface area contributed by atoms with Gasteiger partial charge in [-0.3, -0.25) is 4.90 Å². The van der Waals surface area contributed by atoms with E-state index in [1.54, 1.807) is 12.1 Å². The van der Waals surface area contributed by atoms with Crippen LogP contribution in [0.15, 0.2) is 24.3 Å². The van der Waals surface area contributed by atoms with E-state index < -0.39 is 11.7 Å². The molecule has 0 radical (unpaired) electrons. The third-order valence-corrected chi connectivity index (χ3v) is 4.17. The molecule has 0 amide bonds. The van der Waals surface area contributed by atoms with E-state index in [9.17, 15) is 13.2 Å². The Morgan fingerprint density at radius 2 is 1.84 bits per heavy atom. The molecule has 1 aromatic rings. The fourth-order valence-electron chi connectivity index (χ4n) is 2.79. The summed E-state index contributed by atoms with van der Waals surface area (Å²) in [5, 5.41) is 3.39. The summed E-state index contributed by atoms with van der Waals surface area (Å²) >= 11 is 0. The zero-order valence-electron chi connectivity index (χ0n) is 10.6. The van der Waals surface area contributed by atoms with Crippen molar-refractivity contribution in [3.05, 3.63) is 35.4 Å². The minimum Gasteiger partial charge on any atom is -0.314 e. The van der Waals surface area contributed by atoms with E-state index in [-0.39, 0.29) is 5.54 Å². The zero-order chi connectivity index (χ0) is 13.5. The van der Waals surface area contributed by atoms with Crippen LogP contribution in [0.3, 0.4) is 0 Å². The maximum absolute atomic E-state index is 12.5. The summed E-state index contributed by atoms with van der Waals surface area (Å²) in [5.41, 5.74) is 0.667. The van der Waals surface area contributed by atoms with Gasteiger partial charge in [0.1, 0.15) is 0 Å². The zero-order valence-corrected chi connectivity index (χ0v) is 10.6. The molecule has 1 saturated carbocycles. The average molecular weight is 270 g/mol. The lowest BCUT2D eigenvalue weighted by Crippen LogP contribution is -2.52. The smallest absolute Gasteiger partial charge is 0.314 e. The molecular weight excluding hydrogens is 253 g/mol. The maximum atomic E-state index is 12.5. The van der Waals surface area contributed by atoms with Crippen LogP contribution in [0.5, 0.6) is 0 Å². The molecule has 5 heteroatoms. The van der Waals surface area contributed by atoms with Crippen LogP contribution >= 0.6 is 0 Å². The Bertz CT molecular complexity index is 449. The Hall–Kier alpha value is -1.07. The van der Waals surface area contributed by atoms with Gasteiger partial charge in [-0.05, 0) is 30.5 Å². The van der Waals surface area contributed by atoms with Gasteiger partial charge in [0, 0.05) is 31.7 Å². The normalized spacial score (nSPS) is 22.7. The third-order valence-electron chi connectivity index (χ3n) is 4.17. The monoisotopic (exact) mass is 270 g/mol. The Kier molecular flexibility index (Phi) is 3.06. The van der Waals surface area contributed by atoms with Crippen LogP contribution in [-0.4, -0.2) is 30.1 Å². The first-order valence-electron chi connectivity index (χ1n) is 6.62. The number of benzene rings is 1. The molecule has 0 unspecified atom stereocenters. The predicted molar refractivity (Wildman–Crippen MR) is 66.7 cm³/mol. The van der Waals surface area contributed by atoms with Crippen molar-refractivity contribution >= 4 is 0 Å². The van der Waals surface area contributed by atoms with Crippen molar-refractivity contribution in [2.45, 2.75) is 31.1 Å². The fourth-order valence-corrected chi connectivity index (χ4v) is 2.79. The first kappa shape index (κ1) is 12.9. The lowest BCUT2D eigenvalue weighted by molar-refractivity contribution is -0.137. The number of halogens is 3.